The summed E-state index contributed by atoms with van der Waals surface area (Å²) in [6.45, 7) is -0.271. The van der Waals surface area contributed by atoms with E-state index in [9.17, 15) is 21.6 Å². The third kappa shape index (κ3) is 3.02. The largest absolute Gasteiger partial charge is 0.408 e. The average molecular weight is 297 g/mol. The maximum absolute atomic E-state index is 12.1. The van der Waals surface area contributed by atoms with Crippen molar-refractivity contribution in [2.24, 2.45) is 0 Å². The Hall–Kier alpha value is -0.470. The molecule has 0 bridgehead atoms. The lowest BCUT2D eigenvalue weighted by molar-refractivity contribution is -0.142. The summed E-state index contributed by atoms with van der Waals surface area (Å²) in [4.78, 5) is -0.597. The van der Waals surface area contributed by atoms with Crippen molar-refractivity contribution >= 4 is 31.3 Å². The first-order valence-electron chi connectivity index (χ1n) is 3.76. The summed E-state index contributed by atoms with van der Waals surface area (Å²) < 4.78 is 58.5. The van der Waals surface area contributed by atoms with Crippen LogP contribution in [0.15, 0.2) is 4.90 Å². The number of aryl methyl sites for hydroxylation is 1. The summed E-state index contributed by atoms with van der Waals surface area (Å²) in [5.41, 5.74) is -0.177. The van der Waals surface area contributed by atoms with E-state index in [1.165, 1.54) is 6.92 Å². The highest BCUT2D eigenvalue weighted by molar-refractivity contribution is 8.13. The fourth-order valence-electron chi connectivity index (χ4n) is 1.09. The Balaban J connectivity index is 3.28. The van der Waals surface area contributed by atoms with Crippen molar-refractivity contribution in [3.05, 3.63) is 10.8 Å². The molecule has 0 radical (unpaired) electrons. The van der Waals surface area contributed by atoms with E-state index in [0.29, 0.717) is 4.68 Å². The molecule has 0 aliphatic rings. The lowest BCUT2D eigenvalue weighted by atomic mass is 10.5. The topological polar surface area (TPSA) is 52.0 Å². The Kier molecular flexibility index (Phi) is 3.47. The van der Waals surface area contributed by atoms with Crippen LogP contribution in [0, 0.1) is 6.92 Å². The minimum absolute atomic E-state index is 0.177. The fourth-order valence-corrected chi connectivity index (χ4v) is 3.00. The Labute approximate surface area is 98.4 Å². The second-order valence-corrected chi connectivity index (χ2v) is 5.78. The average Bonchev–Trinajstić information content (AvgIpc) is 2.21. The van der Waals surface area contributed by atoms with E-state index >= 15 is 0 Å². The van der Waals surface area contributed by atoms with Gasteiger partial charge in [-0.1, -0.05) is 11.6 Å². The Morgan fingerprint density at radius 2 is 1.94 bits per heavy atom. The molecule has 0 aliphatic carbocycles. The van der Waals surface area contributed by atoms with Crippen molar-refractivity contribution in [2.75, 3.05) is 0 Å². The van der Waals surface area contributed by atoms with Gasteiger partial charge in [-0.3, -0.25) is 0 Å². The normalized spacial score (nSPS) is 13.1. The molecule has 1 aromatic rings. The molecule has 1 heterocycles. The van der Waals surface area contributed by atoms with Crippen LogP contribution in [-0.4, -0.2) is 24.4 Å². The molecule has 0 aliphatic heterocycles. The first-order valence-corrected chi connectivity index (χ1v) is 6.45. The van der Waals surface area contributed by atoms with Crippen molar-refractivity contribution in [3.63, 3.8) is 0 Å². The van der Waals surface area contributed by atoms with Gasteiger partial charge in [-0.2, -0.15) is 18.3 Å². The van der Waals surface area contributed by atoms with Crippen molar-refractivity contribution in [1.82, 2.24) is 9.78 Å². The standard InChI is InChI=1S/C6H5Cl2F3N2O2S/c1-3-4(16(8,14)15)5(7)13(12-3)2-6(9,10)11/h2H2,1H3. The summed E-state index contributed by atoms with van der Waals surface area (Å²) in [5, 5.41) is 2.71. The van der Waals surface area contributed by atoms with Gasteiger partial charge in [0.15, 0.2) is 0 Å². The number of aromatic nitrogens is 2. The van der Waals surface area contributed by atoms with Crippen LogP contribution < -0.4 is 0 Å². The van der Waals surface area contributed by atoms with Gasteiger partial charge in [-0.15, -0.1) is 0 Å². The van der Waals surface area contributed by atoms with Gasteiger partial charge < -0.3 is 0 Å². The van der Waals surface area contributed by atoms with Crippen LogP contribution in [0.25, 0.3) is 0 Å². The van der Waals surface area contributed by atoms with Crippen molar-refractivity contribution in [1.29, 1.82) is 0 Å². The highest BCUT2D eigenvalue weighted by atomic mass is 35.7. The number of hydrogen-bond donors (Lipinski definition) is 0. The van der Waals surface area contributed by atoms with Crippen LogP contribution in [-0.2, 0) is 15.6 Å². The zero-order valence-corrected chi connectivity index (χ0v) is 10.0. The van der Waals surface area contributed by atoms with E-state index < -0.39 is 31.8 Å². The van der Waals surface area contributed by atoms with Gasteiger partial charge in [0.1, 0.15) is 16.6 Å². The monoisotopic (exact) mass is 296 g/mol. The molecule has 0 unspecified atom stereocenters. The summed E-state index contributed by atoms with van der Waals surface area (Å²) >= 11 is 5.46. The molecule has 16 heavy (non-hydrogen) atoms. The molecule has 0 saturated heterocycles. The summed E-state index contributed by atoms with van der Waals surface area (Å²) in [7, 11) is 0.798. The summed E-state index contributed by atoms with van der Waals surface area (Å²) in [6, 6.07) is 0. The van der Waals surface area contributed by atoms with Gasteiger partial charge in [-0.05, 0) is 6.92 Å². The zero-order valence-electron chi connectivity index (χ0n) is 7.72. The number of rotatable bonds is 2. The smallest absolute Gasteiger partial charge is 0.243 e. The van der Waals surface area contributed by atoms with E-state index in [-0.39, 0.29) is 5.69 Å². The quantitative estimate of drug-likeness (QED) is 0.787. The van der Waals surface area contributed by atoms with Crippen molar-refractivity contribution in [2.45, 2.75) is 24.5 Å². The molecule has 0 aromatic carbocycles. The summed E-state index contributed by atoms with van der Waals surface area (Å²) in [6.07, 6.45) is -4.55. The zero-order chi connectivity index (χ0) is 12.7. The number of hydrogen-bond acceptors (Lipinski definition) is 3. The van der Waals surface area contributed by atoms with E-state index in [2.05, 4.69) is 5.10 Å². The lowest BCUT2D eigenvalue weighted by Crippen LogP contribution is -2.18. The third-order valence-corrected chi connectivity index (χ3v) is 3.52. The molecule has 4 nitrogen and oxygen atoms in total. The molecule has 0 spiro atoms. The molecule has 0 amide bonds. The van der Waals surface area contributed by atoms with Crippen LogP contribution in [0.2, 0.25) is 5.15 Å². The SMILES string of the molecule is Cc1nn(CC(F)(F)F)c(Cl)c1S(=O)(=O)Cl. The Morgan fingerprint density at radius 1 is 1.44 bits per heavy atom. The first kappa shape index (κ1) is 13.6. The van der Waals surface area contributed by atoms with E-state index in [1.54, 1.807) is 0 Å². The van der Waals surface area contributed by atoms with E-state index in [1.807, 2.05) is 0 Å². The first-order chi connectivity index (χ1) is 7.02. The van der Waals surface area contributed by atoms with Gasteiger partial charge >= 0.3 is 6.18 Å². The second-order valence-electron chi connectivity index (χ2n) is 2.92. The second kappa shape index (κ2) is 4.08. The van der Waals surface area contributed by atoms with Gasteiger partial charge in [0.2, 0.25) is 0 Å². The van der Waals surface area contributed by atoms with Gasteiger partial charge in [0, 0.05) is 10.7 Å². The van der Waals surface area contributed by atoms with Crippen LogP contribution in [0.5, 0.6) is 0 Å². The number of halogens is 5. The van der Waals surface area contributed by atoms with E-state index in [0.717, 1.165) is 0 Å². The van der Waals surface area contributed by atoms with Crippen LogP contribution in [0.4, 0.5) is 13.2 Å². The highest BCUT2D eigenvalue weighted by Crippen LogP contribution is 2.29. The van der Waals surface area contributed by atoms with Crippen molar-refractivity contribution < 1.29 is 21.6 Å². The van der Waals surface area contributed by atoms with Gasteiger partial charge in [0.25, 0.3) is 9.05 Å². The van der Waals surface area contributed by atoms with Crippen molar-refractivity contribution in [3.8, 4) is 0 Å². The number of nitrogens with zero attached hydrogens (tertiary/aromatic N) is 2. The van der Waals surface area contributed by atoms with Gasteiger partial charge in [-0.25, -0.2) is 13.1 Å². The molecule has 0 saturated carbocycles. The predicted molar refractivity (Wildman–Crippen MR) is 51.1 cm³/mol. The molecule has 0 fully saturated rings. The maximum Gasteiger partial charge on any atom is 0.408 e. The third-order valence-electron chi connectivity index (χ3n) is 1.59. The maximum atomic E-state index is 12.1. The Bertz CT molecular complexity index is 509. The Morgan fingerprint density at radius 3 is 2.25 bits per heavy atom. The summed E-state index contributed by atoms with van der Waals surface area (Å²) in [5.74, 6) is 0. The van der Waals surface area contributed by atoms with Crippen LogP contribution in [0.3, 0.4) is 0 Å². The molecular weight excluding hydrogens is 292 g/mol. The molecule has 10 heteroatoms. The van der Waals surface area contributed by atoms with Crippen LogP contribution >= 0.6 is 22.3 Å². The minimum atomic E-state index is -4.55. The van der Waals surface area contributed by atoms with E-state index in [4.69, 9.17) is 22.3 Å². The lowest BCUT2D eigenvalue weighted by Gasteiger charge is -2.06. The fraction of sp³-hybridized carbons (Fsp3) is 0.500. The molecular formula is C6H5Cl2F3N2O2S. The number of alkyl halides is 3. The highest BCUT2D eigenvalue weighted by Gasteiger charge is 2.32. The molecule has 92 valence electrons. The molecule has 0 atom stereocenters. The van der Waals surface area contributed by atoms with Gasteiger partial charge in [0.05, 0.1) is 5.69 Å². The van der Waals surface area contributed by atoms with Crippen LogP contribution in [0.1, 0.15) is 5.69 Å². The molecule has 0 N–H and O–H groups in total. The minimum Gasteiger partial charge on any atom is -0.243 e. The molecule has 1 rings (SSSR count). The molecule has 1 aromatic heterocycles. The predicted octanol–water partition coefficient (Wildman–Crippen LogP) is 2.33.